The lowest BCUT2D eigenvalue weighted by atomic mass is 9.48. The molecule has 4 nitrogen and oxygen atoms in total. The highest BCUT2D eigenvalue weighted by Crippen LogP contribution is 2.66. The molecule has 182 valence electrons. The third-order valence-corrected chi connectivity index (χ3v) is 10.9. The zero-order chi connectivity index (χ0) is 23.4. The summed E-state index contributed by atoms with van der Waals surface area (Å²) in [6.07, 6.45) is 22.0. The molecule has 0 saturated heterocycles. The van der Waals surface area contributed by atoms with Gasteiger partial charge in [-0.2, -0.15) is 5.10 Å². The van der Waals surface area contributed by atoms with E-state index in [-0.39, 0.29) is 5.41 Å². The molecular formula is C29H44N2O2. The van der Waals surface area contributed by atoms with Crippen molar-refractivity contribution in [3.63, 3.8) is 0 Å². The average Bonchev–Trinajstić information content (AvgIpc) is 3.36. The van der Waals surface area contributed by atoms with Gasteiger partial charge in [-0.25, -0.2) is 0 Å². The molecule has 0 spiro atoms. The van der Waals surface area contributed by atoms with Crippen molar-refractivity contribution in [1.82, 2.24) is 9.78 Å². The van der Waals surface area contributed by atoms with Crippen molar-refractivity contribution >= 4 is 0 Å². The quantitative estimate of drug-likeness (QED) is 0.587. The van der Waals surface area contributed by atoms with Crippen LogP contribution >= 0.6 is 0 Å². The van der Waals surface area contributed by atoms with Gasteiger partial charge in [-0.1, -0.05) is 26.2 Å². The summed E-state index contributed by atoms with van der Waals surface area (Å²) < 4.78 is 1.84. The Labute approximate surface area is 200 Å². The fraction of sp³-hybridized carbons (Fsp3) is 0.828. The maximum atomic E-state index is 11.7. The molecule has 2 N–H and O–H groups in total. The second-order valence-electron chi connectivity index (χ2n) is 12.8. The van der Waals surface area contributed by atoms with E-state index in [2.05, 4.69) is 24.9 Å². The molecule has 0 radical (unpaired) electrons. The summed E-state index contributed by atoms with van der Waals surface area (Å²) >= 11 is 0. The van der Waals surface area contributed by atoms with E-state index in [1.54, 1.807) is 6.20 Å². The molecule has 1 heterocycles. The van der Waals surface area contributed by atoms with Crippen molar-refractivity contribution in [3.8, 4) is 12.3 Å². The van der Waals surface area contributed by atoms with Gasteiger partial charge in [0.1, 0.15) is 0 Å². The monoisotopic (exact) mass is 452 g/mol. The van der Waals surface area contributed by atoms with Crippen LogP contribution in [0.15, 0.2) is 12.4 Å². The van der Waals surface area contributed by atoms with E-state index in [1.165, 1.54) is 38.5 Å². The van der Waals surface area contributed by atoms with Crippen LogP contribution in [0.1, 0.15) is 97.0 Å². The fourth-order valence-electron chi connectivity index (χ4n) is 9.64. The topological polar surface area (TPSA) is 58.3 Å². The Morgan fingerprint density at radius 1 is 1.15 bits per heavy atom. The molecule has 4 aliphatic carbocycles. The van der Waals surface area contributed by atoms with Crippen LogP contribution in [0.4, 0.5) is 0 Å². The highest BCUT2D eigenvalue weighted by molar-refractivity contribution is 5.26. The van der Waals surface area contributed by atoms with Crippen molar-refractivity contribution in [1.29, 1.82) is 0 Å². The van der Waals surface area contributed by atoms with Crippen molar-refractivity contribution in [3.05, 3.63) is 18.0 Å². The molecule has 4 heteroatoms. The number of fused-ring (bicyclic) bond motifs is 5. The Balaban J connectivity index is 1.31. The van der Waals surface area contributed by atoms with E-state index < -0.39 is 11.2 Å². The Morgan fingerprint density at radius 2 is 1.94 bits per heavy atom. The minimum Gasteiger partial charge on any atom is -0.390 e. The summed E-state index contributed by atoms with van der Waals surface area (Å²) in [5.41, 5.74) is -0.198. The van der Waals surface area contributed by atoms with E-state index in [4.69, 9.17) is 6.42 Å². The van der Waals surface area contributed by atoms with E-state index in [9.17, 15) is 10.2 Å². The maximum Gasteiger partial charge on any atom is 0.0848 e. The van der Waals surface area contributed by atoms with Gasteiger partial charge in [-0.15, -0.1) is 6.42 Å². The Morgan fingerprint density at radius 3 is 2.67 bits per heavy atom. The van der Waals surface area contributed by atoms with Crippen molar-refractivity contribution < 1.29 is 10.2 Å². The summed E-state index contributed by atoms with van der Waals surface area (Å²) in [4.78, 5) is 0. The third kappa shape index (κ3) is 3.98. The second kappa shape index (κ2) is 8.42. The van der Waals surface area contributed by atoms with E-state index >= 15 is 0 Å². The van der Waals surface area contributed by atoms with Gasteiger partial charge in [-0.05, 0) is 112 Å². The van der Waals surface area contributed by atoms with Gasteiger partial charge in [-0.3, -0.25) is 4.68 Å². The first-order valence-corrected chi connectivity index (χ1v) is 13.6. The molecule has 0 amide bonds. The average molecular weight is 453 g/mol. The van der Waals surface area contributed by atoms with Gasteiger partial charge in [0, 0.05) is 6.20 Å². The van der Waals surface area contributed by atoms with Gasteiger partial charge in [0.25, 0.3) is 0 Å². The van der Waals surface area contributed by atoms with Crippen molar-refractivity contribution in [2.45, 2.75) is 109 Å². The summed E-state index contributed by atoms with van der Waals surface area (Å²) in [6.45, 7) is 7.23. The van der Waals surface area contributed by atoms with Crippen LogP contribution in [-0.2, 0) is 6.54 Å². The molecule has 9 atom stereocenters. The molecule has 1 aromatic rings. The Bertz CT molecular complexity index is 900. The summed E-state index contributed by atoms with van der Waals surface area (Å²) in [7, 11) is 0. The van der Waals surface area contributed by atoms with E-state index in [0.717, 1.165) is 67.3 Å². The van der Waals surface area contributed by atoms with Crippen molar-refractivity contribution in [2.75, 3.05) is 0 Å². The van der Waals surface area contributed by atoms with Crippen LogP contribution in [-0.4, -0.2) is 31.2 Å². The van der Waals surface area contributed by atoms with Gasteiger partial charge < -0.3 is 10.2 Å². The number of rotatable bonds is 5. The van der Waals surface area contributed by atoms with Gasteiger partial charge >= 0.3 is 0 Å². The van der Waals surface area contributed by atoms with E-state index in [0.29, 0.717) is 12.5 Å². The number of nitrogens with zero attached hydrogens (tertiary/aromatic N) is 2. The lowest BCUT2D eigenvalue weighted by molar-refractivity contribution is -0.130. The molecule has 4 fully saturated rings. The van der Waals surface area contributed by atoms with E-state index in [1.807, 2.05) is 17.8 Å². The lowest BCUT2D eigenvalue weighted by Gasteiger charge is -2.58. The predicted molar refractivity (Wildman–Crippen MR) is 131 cm³/mol. The third-order valence-electron chi connectivity index (χ3n) is 10.9. The van der Waals surface area contributed by atoms with Crippen LogP contribution < -0.4 is 0 Å². The SMILES string of the molecule is C#Cc1cnn(C[C@@](C)(O)[C@H]2CC[C@H]3[C@@H]4CC[C@@H]5C[C@@](O)(CCC)CC[C@@H]5[C@H]4CC[C@@]32C)c1. The molecule has 4 saturated carbocycles. The zero-order valence-electron chi connectivity index (χ0n) is 21.0. The number of hydrogen-bond acceptors (Lipinski definition) is 3. The molecule has 0 aliphatic heterocycles. The number of aliphatic hydroxyl groups is 2. The van der Waals surface area contributed by atoms with Crippen LogP contribution in [0.3, 0.4) is 0 Å². The maximum absolute atomic E-state index is 11.7. The second-order valence-corrected chi connectivity index (χ2v) is 12.8. The van der Waals surface area contributed by atoms with Gasteiger partial charge in [0.15, 0.2) is 0 Å². The minimum absolute atomic E-state index is 0.206. The normalized spacial score (nSPS) is 44.2. The molecule has 0 bridgehead atoms. The largest absolute Gasteiger partial charge is 0.390 e. The first-order chi connectivity index (χ1) is 15.7. The van der Waals surface area contributed by atoms with Gasteiger partial charge in [0.05, 0.1) is 29.5 Å². The summed E-state index contributed by atoms with van der Waals surface area (Å²) in [5.74, 6) is 6.85. The molecular weight excluding hydrogens is 408 g/mol. The number of terminal acetylenes is 1. The minimum atomic E-state index is -0.785. The lowest BCUT2D eigenvalue weighted by Crippen LogP contribution is -2.53. The Kier molecular flexibility index (Phi) is 5.98. The first-order valence-electron chi connectivity index (χ1n) is 13.6. The van der Waals surface area contributed by atoms with Crippen molar-refractivity contribution in [2.24, 2.45) is 40.9 Å². The molecule has 33 heavy (non-hydrogen) atoms. The highest BCUT2D eigenvalue weighted by Gasteiger charge is 2.60. The molecule has 4 aliphatic rings. The Hall–Kier alpha value is -1.31. The predicted octanol–water partition coefficient (Wildman–Crippen LogP) is 5.42. The van der Waals surface area contributed by atoms with Crippen LogP contribution in [0.2, 0.25) is 0 Å². The molecule has 1 aromatic heterocycles. The van der Waals surface area contributed by atoms with Crippen LogP contribution in [0.5, 0.6) is 0 Å². The van der Waals surface area contributed by atoms with Gasteiger partial charge in [0.2, 0.25) is 0 Å². The fourth-order valence-corrected chi connectivity index (χ4v) is 9.64. The first kappa shape index (κ1) is 23.4. The zero-order valence-corrected chi connectivity index (χ0v) is 21.0. The standard InChI is InChI=1S/C29H44N2O2/c1-5-13-29(33)15-12-22-21(16-29)7-8-24-23(22)11-14-27(3)25(24)9-10-26(27)28(4,32)19-31-18-20(6-2)17-30-31/h2,17-18,21-26,32-33H,5,7-16,19H2,1,3-4H3/t21-,22+,23-,24-,25+,26+,27+,28-,29-/m1/s1. The van der Waals surface area contributed by atoms with Crippen LogP contribution in [0.25, 0.3) is 0 Å². The summed E-state index contributed by atoms with van der Waals surface area (Å²) in [5, 5.41) is 27.2. The highest BCUT2D eigenvalue weighted by atomic mass is 16.3. The molecule has 0 unspecified atom stereocenters. The van der Waals surface area contributed by atoms with Crippen LogP contribution in [0, 0.1) is 53.3 Å². The smallest absolute Gasteiger partial charge is 0.0848 e. The molecule has 0 aromatic carbocycles. The number of aromatic nitrogens is 2. The number of hydrogen-bond donors (Lipinski definition) is 2. The summed E-state index contributed by atoms with van der Waals surface area (Å²) in [6, 6.07) is 0. The molecule has 5 rings (SSSR count).